The lowest BCUT2D eigenvalue weighted by Gasteiger charge is -2.29. The summed E-state index contributed by atoms with van der Waals surface area (Å²) in [6.45, 7) is 9.72. The van der Waals surface area contributed by atoms with E-state index in [-0.39, 0.29) is 23.0 Å². The van der Waals surface area contributed by atoms with E-state index < -0.39 is 11.7 Å². The third-order valence-corrected chi connectivity index (χ3v) is 2.32. The Hall–Kier alpha value is -2.30. The molecule has 7 nitrogen and oxygen atoms in total. The van der Waals surface area contributed by atoms with Crippen molar-refractivity contribution in [3.8, 4) is 6.07 Å². The summed E-state index contributed by atoms with van der Waals surface area (Å²) >= 11 is 0. The molecule has 0 aliphatic heterocycles. The van der Waals surface area contributed by atoms with Crippen LogP contribution in [0.15, 0.2) is 6.20 Å². The van der Waals surface area contributed by atoms with Crippen LogP contribution in [-0.2, 0) is 4.74 Å². The van der Waals surface area contributed by atoms with E-state index >= 15 is 0 Å². The summed E-state index contributed by atoms with van der Waals surface area (Å²) in [5, 5.41) is 10.4. The van der Waals surface area contributed by atoms with Gasteiger partial charge < -0.3 is 4.74 Å². The highest BCUT2D eigenvalue weighted by Gasteiger charge is 2.21. The number of anilines is 1. The molecule has 2 radical (unpaired) electrons. The molecule has 1 heterocycles. The molecule has 1 amide bonds. The molecule has 0 aromatic carbocycles. The summed E-state index contributed by atoms with van der Waals surface area (Å²) in [5.74, 6) is 0.463. The van der Waals surface area contributed by atoms with Crippen LogP contribution in [-0.4, -0.2) is 36.1 Å². The summed E-state index contributed by atoms with van der Waals surface area (Å²) in [4.78, 5) is 19.8. The van der Waals surface area contributed by atoms with Gasteiger partial charge in [-0.1, -0.05) is 13.8 Å². The molecule has 0 atom stereocenters. The van der Waals surface area contributed by atoms with Gasteiger partial charge in [0.1, 0.15) is 25.3 Å². The zero-order valence-corrected chi connectivity index (χ0v) is 13.5. The molecule has 0 saturated heterocycles. The maximum absolute atomic E-state index is 12.0. The second kappa shape index (κ2) is 7.12. The molecule has 0 spiro atoms. The number of hydrazine groups is 1. The molecule has 0 saturated carbocycles. The highest BCUT2D eigenvalue weighted by molar-refractivity contribution is 6.35. The highest BCUT2D eigenvalue weighted by Crippen LogP contribution is 2.10. The Morgan fingerprint density at radius 1 is 1.55 bits per heavy atom. The fourth-order valence-corrected chi connectivity index (χ4v) is 1.61. The number of carbonyl (C=O) groups excluding carboxylic acids is 1. The number of carbonyl (C=O) groups is 1. The SMILES string of the molecule is [B]c1cnc(C#N)nc1N(CC(C)C)NC(=O)OC(C)(C)C. The minimum Gasteiger partial charge on any atom is -0.443 e. The highest BCUT2D eigenvalue weighted by atomic mass is 16.6. The molecule has 116 valence electrons. The van der Waals surface area contributed by atoms with Gasteiger partial charge >= 0.3 is 6.09 Å². The number of amides is 1. The maximum atomic E-state index is 12.0. The van der Waals surface area contributed by atoms with Gasteiger partial charge in [0, 0.05) is 12.7 Å². The van der Waals surface area contributed by atoms with Gasteiger partial charge in [-0.15, -0.1) is 0 Å². The van der Waals surface area contributed by atoms with Gasteiger partial charge in [0.2, 0.25) is 5.82 Å². The fourth-order valence-electron chi connectivity index (χ4n) is 1.61. The third kappa shape index (κ3) is 5.60. The lowest BCUT2D eigenvalue weighted by molar-refractivity contribution is 0.0519. The van der Waals surface area contributed by atoms with Gasteiger partial charge in [-0.3, -0.25) is 5.01 Å². The average Bonchev–Trinajstić information content (AvgIpc) is 2.35. The molecular formula is C14H20BN5O2. The summed E-state index contributed by atoms with van der Waals surface area (Å²) in [7, 11) is 5.86. The van der Waals surface area contributed by atoms with Crippen molar-refractivity contribution in [2.45, 2.75) is 40.2 Å². The standard InChI is InChI=1S/C14H20BN5O2/c1-9(2)8-20(19-13(21)22-14(3,4)5)12-10(15)7-17-11(6-16)18-12/h7,9H,8H2,1-5H3,(H,19,21). The third-order valence-electron chi connectivity index (χ3n) is 2.32. The molecule has 1 aromatic heterocycles. The summed E-state index contributed by atoms with van der Waals surface area (Å²) in [5.41, 5.74) is 2.24. The largest absolute Gasteiger partial charge is 0.443 e. The minimum absolute atomic E-state index is 0.0241. The zero-order chi connectivity index (χ0) is 16.9. The van der Waals surface area contributed by atoms with E-state index in [0.717, 1.165) is 0 Å². The van der Waals surface area contributed by atoms with Crippen molar-refractivity contribution in [2.75, 3.05) is 11.6 Å². The summed E-state index contributed by atoms with van der Waals surface area (Å²) in [6.07, 6.45) is 0.718. The number of nitrogens with zero attached hydrogens (tertiary/aromatic N) is 4. The van der Waals surface area contributed by atoms with Crippen molar-refractivity contribution in [3.63, 3.8) is 0 Å². The Kier molecular flexibility index (Phi) is 5.74. The van der Waals surface area contributed by atoms with Gasteiger partial charge in [-0.25, -0.2) is 20.2 Å². The number of aromatic nitrogens is 2. The van der Waals surface area contributed by atoms with Crippen LogP contribution in [0.4, 0.5) is 10.6 Å². The Labute approximate surface area is 132 Å². The van der Waals surface area contributed by atoms with Crippen LogP contribution in [0.5, 0.6) is 0 Å². The Morgan fingerprint density at radius 3 is 2.68 bits per heavy atom. The molecule has 0 aliphatic carbocycles. The second-order valence-electron chi connectivity index (χ2n) is 6.20. The zero-order valence-electron chi connectivity index (χ0n) is 13.5. The van der Waals surface area contributed by atoms with E-state index in [2.05, 4.69) is 15.4 Å². The lowest BCUT2D eigenvalue weighted by Crippen LogP contribution is -2.48. The molecule has 1 rings (SSSR count). The fraction of sp³-hybridized carbons (Fsp3) is 0.571. The van der Waals surface area contributed by atoms with Crippen LogP contribution in [0.1, 0.15) is 40.4 Å². The Morgan fingerprint density at radius 2 is 2.18 bits per heavy atom. The molecular weight excluding hydrogens is 281 g/mol. The number of ether oxygens (including phenoxy) is 1. The Balaban J connectivity index is 3.03. The Bertz CT molecular complexity index is 578. The van der Waals surface area contributed by atoms with Crippen LogP contribution in [0.2, 0.25) is 0 Å². The predicted octanol–water partition coefficient (Wildman–Crippen LogP) is 1.04. The number of hydrogen-bond acceptors (Lipinski definition) is 6. The van der Waals surface area contributed by atoms with Crippen molar-refractivity contribution >= 4 is 25.2 Å². The van der Waals surface area contributed by atoms with E-state index in [1.54, 1.807) is 20.8 Å². The van der Waals surface area contributed by atoms with Crippen molar-refractivity contribution in [2.24, 2.45) is 5.92 Å². The van der Waals surface area contributed by atoms with Crippen molar-refractivity contribution in [1.29, 1.82) is 5.26 Å². The first-order chi connectivity index (χ1) is 10.1. The molecule has 0 unspecified atom stereocenters. The normalized spacial score (nSPS) is 11.0. The van der Waals surface area contributed by atoms with Crippen LogP contribution < -0.4 is 15.9 Å². The quantitative estimate of drug-likeness (QED) is 0.660. The summed E-state index contributed by atoms with van der Waals surface area (Å²) in [6, 6.07) is 1.85. The first-order valence-electron chi connectivity index (χ1n) is 6.92. The van der Waals surface area contributed by atoms with Crippen molar-refractivity contribution < 1.29 is 9.53 Å². The smallest absolute Gasteiger partial charge is 0.426 e. The van der Waals surface area contributed by atoms with E-state index in [4.69, 9.17) is 17.8 Å². The number of rotatable bonds is 4. The van der Waals surface area contributed by atoms with Gasteiger partial charge in [-0.05, 0) is 32.2 Å². The van der Waals surface area contributed by atoms with Crippen molar-refractivity contribution in [1.82, 2.24) is 15.4 Å². The first kappa shape index (κ1) is 17.8. The van der Waals surface area contributed by atoms with Gasteiger partial charge in [0.15, 0.2) is 0 Å². The van der Waals surface area contributed by atoms with E-state index in [9.17, 15) is 4.79 Å². The topological polar surface area (TPSA) is 91.1 Å². The molecule has 22 heavy (non-hydrogen) atoms. The van der Waals surface area contributed by atoms with Gasteiger partial charge in [0.25, 0.3) is 0 Å². The molecule has 0 bridgehead atoms. The van der Waals surface area contributed by atoms with Gasteiger partial charge in [0.05, 0.1) is 0 Å². The molecule has 1 aromatic rings. The summed E-state index contributed by atoms with van der Waals surface area (Å²) < 4.78 is 5.23. The number of nitrogens with one attached hydrogen (secondary N) is 1. The first-order valence-corrected chi connectivity index (χ1v) is 6.92. The minimum atomic E-state index is -0.622. The van der Waals surface area contributed by atoms with E-state index in [1.165, 1.54) is 11.2 Å². The molecule has 0 fully saturated rings. The predicted molar refractivity (Wildman–Crippen MR) is 83.7 cm³/mol. The van der Waals surface area contributed by atoms with E-state index in [0.29, 0.717) is 6.54 Å². The lowest BCUT2D eigenvalue weighted by atomic mass is 9.98. The van der Waals surface area contributed by atoms with E-state index in [1.807, 2.05) is 19.9 Å². The van der Waals surface area contributed by atoms with Gasteiger partial charge in [-0.2, -0.15) is 5.26 Å². The maximum Gasteiger partial charge on any atom is 0.426 e. The number of hydrogen-bond donors (Lipinski definition) is 1. The van der Waals surface area contributed by atoms with Crippen LogP contribution in [0.3, 0.4) is 0 Å². The van der Waals surface area contributed by atoms with Crippen LogP contribution >= 0.6 is 0 Å². The van der Waals surface area contributed by atoms with Crippen LogP contribution in [0, 0.1) is 17.2 Å². The molecule has 0 aliphatic rings. The number of nitriles is 1. The second-order valence-corrected chi connectivity index (χ2v) is 6.20. The van der Waals surface area contributed by atoms with Crippen molar-refractivity contribution in [3.05, 3.63) is 12.0 Å². The van der Waals surface area contributed by atoms with Crippen LogP contribution in [0.25, 0.3) is 0 Å². The molecule has 8 heteroatoms. The molecule has 1 N–H and O–H groups in total. The average molecular weight is 301 g/mol. The monoisotopic (exact) mass is 301 g/mol.